The first-order chi connectivity index (χ1) is 10.6. The summed E-state index contributed by atoms with van der Waals surface area (Å²) in [6, 6.07) is 12.2. The minimum Gasteiger partial charge on any atom is -0.488 e. The lowest BCUT2D eigenvalue weighted by atomic mass is 10.2. The summed E-state index contributed by atoms with van der Waals surface area (Å²) in [4.78, 5) is 10.5. The van der Waals surface area contributed by atoms with Crippen molar-refractivity contribution in [3.8, 4) is 5.75 Å². The van der Waals surface area contributed by atoms with Crippen molar-refractivity contribution in [1.29, 1.82) is 0 Å². The van der Waals surface area contributed by atoms with E-state index in [2.05, 4.69) is 26.5 Å². The summed E-state index contributed by atoms with van der Waals surface area (Å²) >= 11 is 9.51. The lowest BCUT2D eigenvalue weighted by molar-refractivity contribution is 0.249. The first-order valence-electron chi connectivity index (χ1n) is 6.30. The van der Waals surface area contributed by atoms with E-state index >= 15 is 0 Å². The summed E-state index contributed by atoms with van der Waals surface area (Å²) in [6.45, 7) is 0.370. The number of carbonyl (C=O) groups excluding carboxylic acids is 1. The number of nitrogens with one attached hydrogen (secondary N) is 1. The highest BCUT2D eigenvalue weighted by molar-refractivity contribution is 9.10. The molecular weight excluding hydrogens is 370 g/mol. The first-order valence-corrected chi connectivity index (χ1v) is 7.47. The summed E-state index contributed by atoms with van der Waals surface area (Å²) < 4.78 is 6.50. The Bertz CT molecular complexity index is 707. The average molecular weight is 383 g/mol. The summed E-state index contributed by atoms with van der Waals surface area (Å²) in [6.07, 6.45) is 1.48. The number of primary amides is 1. The predicted molar refractivity (Wildman–Crippen MR) is 90.2 cm³/mol. The van der Waals surface area contributed by atoms with Gasteiger partial charge in [0, 0.05) is 10.6 Å². The minimum atomic E-state index is -0.713. The number of benzene rings is 2. The standard InChI is InChI=1S/C15H13BrClN3O2/c16-12-7-10(8-19-20-15(18)21)5-6-14(12)22-9-11-3-1-2-4-13(11)17/h1-8H,9H2,(H3,18,20,21)/b19-8-. The molecule has 114 valence electrons. The van der Waals surface area contributed by atoms with Crippen LogP contribution in [-0.4, -0.2) is 12.2 Å². The van der Waals surface area contributed by atoms with Crippen molar-refractivity contribution in [3.05, 3.63) is 63.1 Å². The molecular formula is C15H13BrClN3O2. The molecule has 0 atom stereocenters. The zero-order chi connectivity index (χ0) is 15.9. The number of ether oxygens (including phenoxy) is 1. The summed E-state index contributed by atoms with van der Waals surface area (Å²) in [5.41, 5.74) is 8.73. The zero-order valence-corrected chi connectivity index (χ0v) is 13.8. The van der Waals surface area contributed by atoms with Crippen molar-refractivity contribution < 1.29 is 9.53 Å². The Morgan fingerprint density at radius 1 is 1.36 bits per heavy atom. The monoisotopic (exact) mass is 381 g/mol. The quantitative estimate of drug-likeness (QED) is 0.611. The molecule has 0 unspecified atom stereocenters. The van der Waals surface area contributed by atoms with E-state index in [4.69, 9.17) is 22.1 Å². The van der Waals surface area contributed by atoms with Crippen LogP contribution in [0.15, 0.2) is 52.0 Å². The topological polar surface area (TPSA) is 76.7 Å². The fourth-order valence-corrected chi connectivity index (χ4v) is 2.36. The van der Waals surface area contributed by atoms with Gasteiger partial charge in [-0.15, -0.1) is 0 Å². The van der Waals surface area contributed by atoms with Crippen LogP contribution in [0, 0.1) is 0 Å². The number of urea groups is 1. The molecule has 2 rings (SSSR count). The maximum Gasteiger partial charge on any atom is 0.332 e. The van der Waals surface area contributed by atoms with E-state index < -0.39 is 6.03 Å². The van der Waals surface area contributed by atoms with E-state index in [1.165, 1.54) is 6.21 Å². The molecule has 2 aromatic rings. The Balaban J connectivity index is 2.02. The lowest BCUT2D eigenvalue weighted by Gasteiger charge is -2.09. The summed E-state index contributed by atoms with van der Waals surface area (Å²) in [7, 11) is 0. The molecule has 5 nitrogen and oxygen atoms in total. The van der Waals surface area contributed by atoms with Gasteiger partial charge in [-0.05, 0) is 45.8 Å². The van der Waals surface area contributed by atoms with Crippen LogP contribution in [-0.2, 0) is 6.61 Å². The molecule has 0 aliphatic heterocycles. The minimum absolute atomic E-state index is 0.370. The second-order valence-corrected chi connectivity index (χ2v) is 5.57. The molecule has 0 aromatic heterocycles. The lowest BCUT2D eigenvalue weighted by Crippen LogP contribution is -2.24. The van der Waals surface area contributed by atoms with Gasteiger partial charge in [-0.2, -0.15) is 5.10 Å². The molecule has 0 heterocycles. The van der Waals surface area contributed by atoms with Crippen molar-refractivity contribution in [2.24, 2.45) is 10.8 Å². The third-order valence-electron chi connectivity index (χ3n) is 2.69. The maximum absolute atomic E-state index is 10.5. The second-order valence-electron chi connectivity index (χ2n) is 4.30. The van der Waals surface area contributed by atoms with Gasteiger partial charge in [0.2, 0.25) is 0 Å². The van der Waals surface area contributed by atoms with E-state index in [1.54, 1.807) is 12.1 Å². The fourth-order valence-electron chi connectivity index (χ4n) is 1.66. The van der Waals surface area contributed by atoms with E-state index in [9.17, 15) is 4.79 Å². The van der Waals surface area contributed by atoms with Crippen LogP contribution >= 0.6 is 27.5 Å². The van der Waals surface area contributed by atoms with Gasteiger partial charge < -0.3 is 10.5 Å². The fraction of sp³-hybridized carbons (Fsp3) is 0.0667. The Morgan fingerprint density at radius 2 is 2.14 bits per heavy atom. The number of hydrogen-bond donors (Lipinski definition) is 2. The van der Waals surface area contributed by atoms with Crippen LogP contribution in [0.3, 0.4) is 0 Å². The van der Waals surface area contributed by atoms with Gasteiger partial charge >= 0.3 is 6.03 Å². The van der Waals surface area contributed by atoms with Gasteiger partial charge in [0.1, 0.15) is 12.4 Å². The number of rotatable bonds is 5. The second kappa shape index (κ2) is 7.82. The number of carbonyl (C=O) groups is 1. The van der Waals surface area contributed by atoms with Gasteiger partial charge in [0.05, 0.1) is 10.7 Å². The van der Waals surface area contributed by atoms with E-state index in [0.29, 0.717) is 17.4 Å². The summed E-state index contributed by atoms with van der Waals surface area (Å²) in [5, 5.41) is 4.36. The highest BCUT2D eigenvalue weighted by Crippen LogP contribution is 2.27. The molecule has 0 saturated heterocycles. The van der Waals surface area contributed by atoms with Crippen molar-refractivity contribution in [1.82, 2.24) is 5.43 Å². The SMILES string of the molecule is NC(=O)N/N=C\c1ccc(OCc2ccccc2Cl)c(Br)c1. The smallest absolute Gasteiger partial charge is 0.332 e. The predicted octanol–water partition coefficient (Wildman–Crippen LogP) is 3.68. The van der Waals surface area contributed by atoms with E-state index in [1.807, 2.05) is 30.3 Å². The molecule has 3 N–H and O–H groups in total. The molecule has 2 aromatic carbocycles. The maximum atomic E-state index is 10.5. The largest absolute Gasteiger partial charge is 0.488 e. The molecule has 0 saturated carbocycles. The molecule has 0 spiro atoms. The molecule has 2 amide bonds. The number of nitrogens with two attached hydrogens (primary N) is 1. The Kier molecular flexibility index (Phi) is 5.80. The molecule has 0 radical (unpaired) electrons. The van der Waals surface area contributed by atoms with Crippen molar-refractivity contribution in [2.75, 3.05) is 0 Å². The Morgan fingerprint density at radius 3 is 2.82 bits per heavy atom. The van der Waals surface area contributed by atoms with Gasteiger partial charge in [0.15, 0.2) is 0 Å². The molecule has 22 heavy (non-hydrogen) atoms. The zero-order valence-electron chi connectivity index (χ0n) is 11.4. The van der Waals surface area contributed by atoms with Gasteiger partial charge in [0.25, 0.3) is 0 Å². The highest BCUT2D eigenvalue weighted by atomic mass is 79.9. The average Bonchev–Trinajstić information content (AvgIpc) is 2.47. The normalized spacial score (nSPS) is 10.6. The number of amides is 2. The number of halogens is 2. The number of nitrogens with zero attached hydrogens (tertiary/aromatic N) is 1. The first kappa shape index (κ1) is 16.3. The number of hydrazone groups is 1. The van der Waals surface area contributed by atoms with Crippen LogP contribution in [0.5, 0.6) is 5.75 Å². The van der Waals surface area contributed by atoms with Gasteiger partial charge in [-0.3, -0.25) is 0 Å². The van der Waals surface area contributed by atoms with Crippen LogP contribution in [0.4, 0.5) is 4.79 Å². The van der Waals surface area contributed by atoms with Crippen molar-refractivity contribution in [3.63, 3.8) is 0 Å². The summed E-state index contributed by atoms with van der Waals surface area (Å²) in [5.74, 6) is 0.680. The third kappa shape index (κ3) is 4.75. The van der Waals surface area contributed by atoms with Crippen molar-refractivity contribution >= 4 is 39.8 Å². The van der Waals surface area contributed by atoms with Crippen molar-refractivity contribution in [2.45, 2.75) is 6.61 Å². The molecule has 0 fully saturated rings. The molecule has 0 bridgehead atoms. The molecule has 0 aliphatic carbocycles. The van der Waals surface area contributed by atoms with Gasteiger partial charge in [-0.25, -0.2) is 10.2 Å². The van der Waals surface area contributed by atoms with Crippen LogP contribution in [0.25, 0.3) is 0 Å². The Hall–Kier alpha value is -2.05. The van der Waals surface area contributed by atoms with E-state index in [-0.39, 0.29) is 0 Å². The van der Waals surface area contributed by atoms with Crippen LogP contribution in [0.1, 0.15) is 11.1 Å². The molecule has 0 aliphatic rings. The third-order valence-corrected chi connectivity index (χ3v) is 3.67. The Labute approximate surface area is 141 Å². The van der Waals surface area contributed by atoms with Gasteiger partial charge in [-0.1, -0.05) is 29.8 Å². The molecule has 7 heteroatoms. The van der Waals surface area contributed by atoms with Crippen LogP contribution < -0.4 is 15.9 Å². The van der Waals surface area contributed by atoms with E-state index in [0.717, 1.165) is 15.6 Å². The highest BCUT2D eigenvalue weighted by Gasteiger charge is 2.04. The van der Waals surface area contributed by atoms with Crippen LogP contribution in [0.2, 0.25) is 5.02 Å². The number of hydrogen-bond acceptors (Lipinski definition) is 3.